The van der Waals surface area contributed by atoms with Crippen molar-refractivity contribution in [2.24, 2.45) is 0 Å². The van der Waals surface area contributed by atoms with Crippen LogP contribution in [0.25, 0.3) is 6.08 Å². The highest BCUT2D eigenvalue weighted by atomic mass is 79.9. The predicted molar refractivity (Wildman–Crippen MR) is 113 cm³/mol. The van der Waals surface area contributed by atoms with E-state index in [9.17, 15) is 30.8 Å². The second-order valence-corrected chi connectivity index (χ2v) is 8.73. The van der Waals surface area contributed by atoms with E-state index >= 15 is 0 Å². The molecular weight excluding hydrogens is 520 g/mol. The minimum Gasteiger partial charge on any atom is -0.450 e. The van der Waals surface area contributed by atoms with Crippen LogP contribution in [-0.4, -0.2) is 14.3 Å². The zero-order valence-corrected chi connectivity index (χ0v) is 18.2. The number of nitrogens with one attached hydrogen (secondary N) is 2. The molecule has 1 heterocycles. The standard InChI is InChI=1S/C20H13BrF4N2O4S/c21-18-8-5-15(31-18)6-9-19(28)26-13-4-7-16(22)17(11-13)32(29,30)27-14-3-1-2-12(10-14)20(23,24)25/h1-11,27H,(H,26,28)/b9-6+. The first-order valence-electron chi connectivity index (χ1n) is 8.68. The number of amides is 1. The quantitative estimate of drug-likeness (QED) is 0.317. The lowest BCUT2D eigenvalue weighted by Crippen LogP contribution is -2.16. The molecule has 3 aromatic rings. The molecule has 0 radical (unpaired) electrons. The van der Waals surface area contributed by atoms with Gasteiger partial charge in [-0.2, -0.15) is 13.2 Å². The van der Waals surface area contributed by atoms with Gasteiger partial charge in [0.05, 0.1) is 5.56 Å². The molecule has 12 heteroatoms. The van der Waals surface area contributed by atoms with Crippen molar-refractivity contribution in [1.82, 2.24) is 0 Å². The first kappa shape index (κ1) is 23.5. The van der Waals surface area contributed by atoms with Gasteiger partial charge in [-0.15, -0.1) is 0 Å². The zero-order chi connectivity index (χ0) is 23.5. The fraction of sp³-hybridized carbons (Fsp3) is 0.0500. The number of rotatable bonds is 6. The van der Waals surface area contributed by atoms with Crippen molar-refractivity contribution >= 4 is 49.3 Å². The number of alkyl halides is 3. The van der Waals surface area contributed by atoms with Crippen molar-refractivity contribution < 1.29 is 35.2 Å². The molecule has 0 saturated carbocycles. The molecule has 0 spiro atoms. The molecule has 0 bridgehead atoms. The van der Waals surface area contributed by atoms with Gasteiger partial charge >= 0.3 is 6.18 Å². The lowest BCUT2D eigenvalue weighted by Gasteiger charge is -2.12. The lowest BCUT2D eigenvalue weighted by atomic mass is 10.2. The van der Waals surface area contributed by atoms with Crippen LogP contribution < -0.4 is 10.0 Å². The predicted octanol–water partition coefficient (Wildman–Crippen LogP) is 5.65. The molecule has 6 nitrogen and oxygen atoms in total. The second-order valence-electron chi connectivity index (χ2n) is 6.29. The molecule has 1 aromatic heterocycles. The van der Waals surface area contributed by atoms with Gasteiger partial charge in [-0.05, 0) is 70.5 Å². The Morgan fingerprint density at radius 3 is 2.44 bits per heavy atom. The third-order valence-corrected chi connectivity index (χ3v) is 5.75. The summed E-state index contributed by atoms with van der Waals surface area (Å²) >= 11 is 3.11. The molecule has 32 heavy (non-hydrogen) atoms. The van der Waals surface area contributed by atoms with Gasteiger partial charge in [-0.3, -0.25) is 9.52 Å². The molecule has 2 N–H and O–H groups in total. The molecule has 1 amide bonds. The smallest absolute Gasteiger partial charge is 0.416 e. The molecule has 0 atom stereocenters. The number of carbonyl (C=O) groups excluding carboxylic acids is 1. The van der Waals surface area contributed by atoms with Gasteiger partial charge in [0, 0.05) is 17.5 Å². The average molecular weight is 533 g/mol. The molecule has 0 unspecified atom stereocenters. The monoisotopic (exact) mass is 532 g/mol. The molecule has 168 valence electrons. The van der Waals surface area contributed by atoms with E-state index < -0.39 is 44.1 Å². The Kier molecular flexibility index (Phi) is 6.74. The second kappa shape index (κ2) is 9.17. The van der Waals surface area contributed by atoms with Crippen LogP contribution in [0.4, 0.5) is 28.9 Å². The maximum Gasteiger partial charge on any atom is 0.416 e. The number of benzene rings is 2. The van der Waals surface area contributed by atoms with E-state index in [2.05, 4.69) is 21.2 Å². The number of furan rings is 1. The molecule has 2 aromatic carbocycles. The van der Waals surface area contributed by atoms with E-state index in [1.807, 2.05) is 4.72 Å². The lowest BCUT2D eigenvalue weighted by molar-refractivity contribution is -0.137. The molecule has 3 rings (SSSR count). The minimum absolute atomic E-state index is 0.0499. The van der Waals surface area contributed by atoms with Crippen LogP contribution in [0.5, 0.6) is 0 Å². The molecule has 0 saturated heterocycles. The van der Waals surface area contributed by atoms with E-state index in [1.165, 1.54) is 6.08 Å². The third-order valence-electron chi connectivity index (χ3n) is 3.92. The number of hydrogen-bond acceptors (Lipinski definition) is 4. The van der Waals surface area contributed by atoms with Crippen molar-refractivity contribution in [2.45, 2.75) is 11.1 Å². The Bertz CT molecular complexity index is 1290. The minimum atomic E-state index is -4.68. The first-order chi connectivity index (χ1) is 14.9. The summed E-state index contributed by atoms with van der Waals surface area (Å²) in [6.07, 6.45) is -2.21. The van der Waals surface area contributed by atoms with Crippen molar-refractivity contribution in [3.05, 3.63) is 82.5 Å². The van der Waals surface area contributed by atoms with E-state index in [-0.39, 0.29) is 5.69 Å². The molecule has 0 aliphatic heterocycles. The third kappa shape index (κ3) is 5.98. The number of sulfonamides is 1. The molecule has 0 aliphatic rings. The van der Waals surface area contributed by atoms with Crippen LogP contribution >= 0.6 is 15.9 Å². The summed E-state index contributed by atoms with van der Waals surface area (Å²) in [7, 11) is -4.60. The van der Waals surface area contributed by atoms with Gasteiger partial charge < -0.3 is 9.73 Å². The van der Waals surface area contributed by atoms with E-state index in [4.69, 9.17) is 4.42 Å². The van der Waals surface area contributed by atoms with Crippen molar-refractivity contribution in [3.63, 3.8) is 0 Å². The Morgan fingerprint density at radius 1 is 1.03 bits per heavy atom. The molecular formula is C20H13BrF4N2O4S. The summed E-state index contributed by atoms with van der Waals surface area (Å²) in [5.41, 5.74) is -1.53. The van der Waals surface area contributed by atoms with Crippen LogP contribution in [0.3, 0.4) is 0 Å². The summed E-state index contributed by atoms with van der Waals surface area (Å²) < 4.78 is 85.4. The van der Waals surface area contributed by atoms with Gasteiger partial charge in [0.1, 0.15) is 16.5 Å². The molecule has 0 aliphatic carbocycles. The highest BCUT2D eigenvalue weighted by molar-refractivity contribution is 9.10. The van der Waals surface area contributed by atoms with Crippen molar-refractivity contribution in [2.75, 3.05) is 10.0 Å². The fourth-order valence-electron chi connectivity index (χ4n) is 2.52. The Hall–Kier alpha value is -3.12. The van der Waals surface area contributed by atoms with Crippen LogP contribution in [0.1, 0.15) is 11.3 Å². The highest BCUT2D eigenvalue weighted by Crippen LogP contribution is 2.31. The maximum absolute atomic E-state index is 14.2. The van der Waals surface area contributed by atoms with Gasteiger partial charge in [0.25, 0.3) is 10.0 Å². The highest BCUT2D eigenvalue weighted by Gasteiger charge is 2.31. The maximum atomic E-state index is 14.2. The number of hydrogen-bond donors (Lipinski definition) is 2. The van der Waals surface area contributed by atoms with Crippen LogP contribution in [0, 0.1) is 5.82 Å². The summed E-state index contributed by atoms with van der Waals surface area (Å²) in [5, 5.41) is 2.36. The van der Waals surface area contributed by atoms with Crippen LogP contribution in [0.15, 0.2) is 74.7 Å². The summed E-state index contributed by atoms with van der Waals surface area (Å²) in [6, 6.07) is 9.45. The fourth-order valence-corrected chi connectivity index (χ4v) is 3.99. The van der Waals surface area contributed by atoms with E-state index in [0.717, 1.165) is 42.5 Å². The van der Waals surface area contributed by atoms with Crippen LogP contribution in [-0.2, 0) is 21.0 Å². The number of carbonyl (C=O) groups is 1. The van der Waals surface area contributed by atoms with Gasteiger partial charge in [-0.1, -0.05) is 6.07 Å². The van der Waals surface area contributed by atoms with Gasteiger partial charge in [0.15, 0.2) is 4.67 Å². The normalized spacial score (nSPS) is 12.2. The Labute approximate surface area is 188 Å². The van der Waals surface area contributed by atoms with E-state index in [0.29, 0.717) is 16.5 Å². The summed E-state index contributed by atoms with van der Waals surface area (Å²) in [6.45, 7) is 0. The average Bonchev–Trinajstić information content (AvgIpc) is 3.12. The summed E-state index contributed by atoms with van der Waals surface area (Å²) in [5.74, 6) is -1.43. The van der Waals surface area contributed by atoms with Crippen molar-refractivity contribution in [1.29, 1.82) is 0 Å². The topological polar surface area (TPSA) is 88.4 Å². The summed E-state index contributed by atoms with van der Waals surface area (Å²) in [4.78, 5) is 11.2. The van der Waals surface area contributed by atoms with Gasteiger partial charge in [-0.25, -0.2) is 12.8 Å². The SMILES string of the molecule is O=C(/C=C/c1ccc(Br)o1)Nc1ccc(F)c(S(=O)(=O)Nc2cccc(C(F)(F)F)c2)c1. The first-order valence-corrected chi connectivity index (χ1v) is 11.0. The Balaban J connectivity index is 1.80. The number of anilines is 2. The zero-order valence-electron chi connectivity index (χ0n) is 15.8. The van der Waals surface area contributed by atoms with Crippen molar-refractivity contribution in [3.8, 4) is 0 Å². The number of halogens is 5. The largest absolute Gasteiger partial charge is 0.450 e. The molecule has 0 fully saturated rings. The van der Waals surface area contributed by atoms with Crippen LogP contribution in [0.2, 0.25) is 0 Å². The van der Waals surface area contributed by atoms with E-state index in [1.54, 1.807) is 12.1 Å². The Morgan fingerprint density at radius 2 is 1.78 bits per heavy atom. The van der Waals surface area contributed by atoms with Gasteiger partial charge in [0.2, 0.25) is 5.91 Å².